The molecule has 1 unspecified atom stereocenters. The van der Waals surface area contributed by atoms with Crippen molar-refractivity contribution < 1.29 is 9.53 Å². The van der Waals surface area contributed by atoms with E-state index in [1.165, 1.54) is 0 Å². The highest BCUT2D eigenvalue weighted by molar-refractivity contribution is 9.10. The molecule has 0 aromatic heterocycles. The second-order valence-corrected chi connectivity index (χ2v) is 5.74. The van der Waals surface area contributed by atoms with Crippen LogP contribution in [0.3, 0.4) is 0 Å². The lowest BCUT2D eigenvalue weighted by Crippen LogP contribution is -2.54. The summed E-state index contributed by atoms with van der Waals surface area (Å²) in [5.41, 5.74) is 0.916. The molecule has 3 heteroatoms. The molecule has 98 valence electrons. The molecule has 1 aromatic rings. The Morgan fingerprint density at radius 3 is 2.56 bits per heavy atom. The number of carbonyl (C=O) groups is 1. The van der Waals surface area contributed by atoms with Gasteiger partial charge in [0.25, 0.3) is 0 Å². The fraction of sp³-hybridized carbons (Fsp3) is 0.533. The highest BCUT2D eigenvalue weighted by Crippen LogP contribution is 2.45. The van der Waals surface area contributed by atoms with Crippen LogP contribution in [0.1, 0.15) is 38.7 Å². The van der Waals surface area contributed by atoms with Gasteiger partial charge in [-0.05, 0) is 24.5 Å². The smallest absolute Gasteiger partial charge is 0.144 e. The summed E-state index contributed by atoms with van der Waals surface area (Å²) < 4.78 is 7.03. The third-order valence-electron chi connectivity index (χ3n) is 4.20. The van der Waals surface area contributed by atoms with Crippen molar-refractivity contribution in [2.75, 3.05) is 0 Å². The Kier molecular flexibility index (Phi) is 4.23. The number of ether oxygens (including phenoxy) is 1. The number of halogens is 1. The van der Waals surface area contributed by atoms with Crippen molar-refractivity contribution in [1.82, 2.24) is 0 Å². The summed E-state index contributed by atoms with van der Waals surface area (Å²) in [6.07, 6.45) is 2.42. The molecule has 0 spiro atoms. The summed E-state index contributed by atoms with van der Waals surface area (Å²) in [7, 11) is 0. The fourth-order valence-corrected chi connectivity index (χ4v) is 3.14. The van der Waals surface area contributed by atoms with Crippen molar-refractivity contribution >= 4 is 21.7 Å². The molecule has 1 saturated carbocycles. The molecular weight excluding hydrogens is 292 g/mol. The first kappa shape index (κ1) is 13.8. The summed E-state index contributed by atoms with van der Waals surface area (Å²) in [4.78, 5) is 11.8. The van der Waals surface area contributed by atoms with Crippen LogP contribution in [-0.2, 0) is 16.1 Å². The summed E-state index contributed by atoms with van der Waals surface area (Å²) in [6.45, 7) is 4.73. The van der Waals surface area contributed by atoms with Gasteiger partial charge in [0.1, 0.15) is 5.78 Å². The molecular formula is C15H19BrO2. The topological polar surface area (TPSA) is 26.3 Å². The van der Waals surface area contributed by atoms with Crippen LogP contribution in [0.25, 0.3) is 0 Å². The van der Waals surface area contributed by atoms with Crippen LogP contribution >= 0.6 is 15.9 Å². The fourth-order valence-electron chi connectivity index (χ4n) is 2.74. The Hall–Kier alpha value is -0.670. The van der Waals surface area contributed by atoms with E-state index in [-0.39, 0.29) is 11.5 Å². The van der Waals surface area contributed by atoms with Crippen LogP contribution in [-0.4, -0.2) is 11.9 Å². The normalized spacial score (nSPS) is 21.7. The largest absolute Gasteiger partial charge is 0.372 e. The van der Waals surface area contributed by atoms with Gasteiger partial charge < -0.3 is 4.74 Å². The second kappa shape index (κ2) is 5.54. The van der Waals surface area contributed by atoms with E-state index in [1.807, 2.05) is 24.3 Å². The molecule has 0 radical (unpaired) electrons. The van der Waals surface area contributed by atoms with Crippen LogP contribution in [0.4, 0.5) is 0 Å². The predicted octanol–water partition coefficient (Wildman–Crippen LogP) is 4.11. The molecule has 1 aliphatic carbocycles. The number of benzene rings is 1. The maximum absolute atomic E-state index is 11.8. The van der Waals surface area contributed by atoms with Crippen molar-refractivity contribution in [2.24, 2.45) is 5.41 Å². The molecule has 2 nitrogen and oxygen atoms in total. The number of hydrogen-bond acceptors (Lipinski definition) is 2. The third-order valence-corrected chi connectivity index (χ3v) is 4.98. The average molecular weight is 311 g/mol. The van der Waals surface area contributed by atoms with E-state index < -0.39 is 0 Å². The molecule has 0 heterocycles. The van der Waals surface area contributed by atoms with E-state index in [0.717, 1.165) is 22.9 Å². The van der Waals surface area contributed by atoms with Crippen molar-refractivity contribution in [3.63, 3.8) is 0 Å². The zero-order valence-corrected chi connectivity index (χ0v) is 12.5. The summed E-state index contributed by atoms with van der Waals surface area (Å²) in [5.74, 6) is 0.365. The van der Waals surface area contributed by atoms with Crippen molar-refractivity contribution in [1.29, 1.82) is 0 Å². The molecule has 1 fully saturated rings. The van der Waals surface area contributed by atoms with Gasteiger partial charge in [-0.3, -0.25) is 4.79 Å². The lowest BCUT2D eigenvalue weighted by molar-refractivity contribution is -0.167. The van der Waals surface area contributed by atoms with Crippen LogP contribution < -0.4 is 0 Å². The first-order chi connectivity index (χ1) is 8.64. The Morgan fingerprint density at radius 2 is 2.00 bits per heavy atom. The van der Waals surface area contributed by atoms with Gasteiger partial charge in [-0.25, -0.2) is 0 Å². The average Bonchev–Trinajstić information content (AvgIpc) is 2.37. The number of rotatable bonds is 5. The minimum atomic E-state index is -0.221. The standard InChI is InChI=1S/C15H19BrO2/c1-3-15(4-2)13(17)9-14(15)18-10-11-7-5-6-8-12(11)16/h5-8,14H,3-4,9-10H2,1-2H3. The summed E-state index contributed by atoms with van der Waals surface area (Å²) in [6, 6.07) is 8.05. The lowest BCUT2D eigenvalue weighted by atomic mass is 9.61. The van der Waals surface area contributed by atoms with E-state index in [2.05, 4.69) is 29.8 Å². The minimum absolute atomic E-state index is 0.0899. The maximum atomic E-state index is 11.8. The zero-order chi connectivity index (χ0) is 13.2. The molecule has 0 saturated heterocycles. The van der Waals surface area contributed by atoms with Gasteiger partial charge in [-0.2, -0.15) is 0 Å². The number of hydrogen-bond donors (Lipinski definition) is 0. The quantitative estimate of drug-likeness (QED) is 0.818. The van der Waals surface area contributed by atoms with Crippen molar-refractivity contribution in [3.05, 3.63) is 34.3 Å². The Balaban J connectivity index is 2.00. The Morgan fingerprint density at radius 1 is 1.33 bits per heavy atom. The van der Waals surface area contributed by atoms with Crippen LogP contribution in [0, 0.1) is 5.41 Å². The van der Waals surface area contributed by atoms with Gasteiger partial charge in [0, 0.05) is 10.9 Å². The number of ketones is 1. The zero-order valence-electron chi connectivity index (χ0n) is 10.9. The van der Waals surface area contributed by atoms with Gasteiger partial charge in [0.2, 0.25) is 0 Å². The molecule has 2 rings (SSSR count). The molecule has 0 amide bonds. The monoisotopic (exact) mass is 310 g/mol. The SMILES string of the molecule is CCC1(CC)C(=O)CC1OCc1ccccc1Br. The van der Waals surface area contributed by atoms with Crippen LogP contribution in [0.5, 0.6) is 0 Å². The molecule has 1 aromatic carbocycles. The Labute approximate surface area is 117 Å². The van der Waals surface area contributed by atoms with Crippen LogP contribution in [0.2, 0.25) is 0 Å². The molecule has 1 aliphatic rings. The minimum Gasteiger partial charge on any atom is -0.372 e. The first-order valence-corrected chi connectivity index (χ1v) is 7.31. The molecule has 0 aliphatic heterocycles. The lowest BCUT2D eigenvalue weighted by Gasteiger charge is -2.46. The van der Waals surface area contributed by atoms with E-state index in [9.17, 15) is 4.79 Å². The highest BCUT2D eigenvalue weighted by atomic mass is 79.9. The van der Waals surface area contributed by atoms with Gasteiger partial charge >= 0.3 is 0 Å². The number of Topliss-reactive ketones (excluding diaryl/α,β-unsaturated/α-hetero) is 1. The van der Waals surface area contributed by atoms with Crippen molar-refractivity contribution in [3.8, 4) is 0 Å². The van der Waals surface area contributed by atoms with E-state index in [4.69, 9.17) is 4.74 Å². The predicted molar refractivity (Wildman–Crippen MR) is 75.4 cm³/mol. The Bertz CT molecular complexity index is 438. The van der Waals surface area contributed by atoms with E-state index in [1.54, 1.807) is 0 Å². The third kappa shape index (κ3) is 2.26. The van der Waals surface area contributed by atoms with Gasteiger partial charge in [-0.15, -0.1) is 0 Å². The van der Waals surface area contributed by atoms with Crippen molar-refractivity contribution in [2.45, 2.75) is 45.8 Å². The summed E-state index contributed by atoms with van der Waals surface area (Å²) >= 11 is 3.51. The summed E-state index contributed by atoms with van der Waals surface area (Å²) in [5, 5.41) is 0. The van der Waals surface area contributed by atoms with Gasteiger partial charge in [-0.1, -0.05) is 48.0 Å². The second-order valence-electron chi connectivity index (χ2n) is 4.88. The van der Waals surface area contributed by atoms with Gasteiger partial charge in [0.05, 0.1) is 18.1 Å². The maximum Gasteiger partial charge on any atom is 0.144 e. The number of carbonyl (C=O) groups excluding carboxylic acids is 1. The van der Waals surface area contributed by atoms with E-state index >= 15 is 0 Å². The molecule has 0 N–H and O–H groups in total. The molecule has 18 heavy (non-hydrogen) atoms. The van der Waals surface area contributed by atoms with Crippen LogP contribution in [0.15, 0.2) is 28.7 Å². The first-order valence-electron chi connectivity index (χ1n) is 6.52. The molecule has 1 atom stereocenters. The van der Waals surface area contributed by atoms with E-state index in [0.29, 0.717) is 18.8 Å². The van der Waals surface area contributed by atoms with Gasteiger partial charge in [0.15, 0.2) is 0 Å². The molecule has 0 bridgehead atoms. The highest BCUT2D eigenvalue weighted by Gasteiger charge is 2.52.